The van der Waals surface area contributed by atoms with Crippen molar-refractivity contribution in [3.05, 3.63) is 52.0 Å². The Balaban J connectivity index is 0.00000210. The fourth-order valence-corrected chi connectivity index (χ4v) is 5.29. The molecule has 1 N–H and O–H groups in total. The van der Waals surface area contributed by atoms with E-state index in [1.807, 2.05) is 23.6 Å². The number of halogens is 1. The standard InChI is InChI=1S/C21H28N2O2S.ClH/c1-17-5-13-26-18(17)14-22-10-6-20(19-4-2-3-9-23-19)7-12-25-21(15-20)8-11-24-16-21;/h2-5,9,13,22H,6-8,10-12,14-16H2,1H3;1H/t20-,21+;/m1./s1. The highest BCUT2D eigenvalue weighted by atomic mass is 35.5. The summed E-state index contributed by atoms with van der Waals surface area (Å²) in [6.07, 6.45) is 6.05. The molecule has 4 rings (SSSR count). The summed E-state index contributed by atoms with van der Waals surface area (Å²) >= 11 is 1.83. The predicted octanol–water partition coefficient (Wildman–Crippen LogP) is 4.26. The lowest BCUT2D eigenvalue weighted by molar-refractivity contribution is -0.109. The average molecular weight is 409 g/mol. The summed E-state index contributed by atoms with van der Waals surface area (Å²) in [6.45, 7) is 6.46. The van der Waals surface area contributed by atoms with Crippen LogP contribution in [0.3, 0.4) is 0 Å². The molecular weight excluding hydrogens is 380 g/mol. The molecule has 0 aliphatic carbocycles. The number of hydrogen-bond donors (Lipinski definition) is 1. The third kappa shape index (κ3) is 4.54. The Labute approximate surface area is 172 Å². The van der Waals surface area contributed by atoms with Crippen molar-refractivity contribution < 1.29 is 9.47 Å². The largest absolute Gasteiger partial charge is 0.378 e. The molecule has 27 heavy (non-hydrogen) atoms. The summed E-state index contributed by atoms with van der Waals surface area (Å²) in [7, 11) is 0. The summed E-state index contributed by atoms with van der Waals surface area (Å²) < 4.78 is 11.9. The third-order valence-electron chi connectivity index (χ3n) is 5.96. The molecule has 0 unspecified atom stereocenters. The van der Waals surface area contributed by atoms with Crippen LogP contribution in [-0.4, -0.2) is 37.0 Å². The number of hydrogen-bond acceptors (Lipinski definition) is 5. The molecule has 2 saturated heterocycles. The Morgan fingerprint density at radius 1 is 1.22 bits per heavy atom. The summed E-state index contributed by atoms with van der Waals surface area (Å²) in [5, 5.41) is 5.83. The lowest BCUT2D eigenvalue weighted by Crippen LogP contribution is -2.49. The van der Waals surface area contributed by atoms with Crippen molar-refractivity contribution >= 4 is 23.7 Å². The molecular formula is C21H29ClN2O2S. The van der Waals surface area contributed by atoms with E-state index < -0.39 is 0 Å². The SMILES string of the molecule is Cc1ccsc1CNCC[C@@]1(c2ccccn2)CCO[C@@]2(CCOC2)C1.Cl. The van der Waals surface area contributed by atoms with E-state index in [0.29, 0.717) is 0 Å². The first-order valence-corrected chi connectivity index (χ1v) is 10.5. The molecule has 0 aromatic carbocycles. The number of pyridine rings is 1. The van der Waals surface area contributed by atoms with Crippen LogP contribution in [0.2, 0.25) is 0 Å². The van der Waals surface area contributed by atoms with Crippen molar-refractivity contribution in [2.75, 3.05) is 26.4 Å². The van der Waals surface area contributed by atoms with Crippen molar-refractivity contribution in [1.82, 2.24) is 10.3 Å². The van der Waals surface area contributed by atoms with Gasteiger partial charge in [-0.3, -0.25) is 4.98 Å². The Morgan fingerprint density at radius 2 is 2.15 bits per heavy atom. The number of ether oxygens (including phenoxy) is 2. The zero-order chi connectivity index (χ0) is 17.9. The quantitative estimate of drug-likeness (QED) is 0.725. The molecule has 2 aromatic heterocycles. The number of aryl methyl sites for hydroxylation is 1. The highest BCUT2D eigenvalue weighted by Crippen LogP contribution is 2.46. The predicted molar refractivity (Wildman–Crippen MR) is 112 cm³/mol. The van der Waals surface area contributed by atoms with Gasteiger partial charge in [0, 0.05) is 48.4 Å². The Hall–Kier alpha value is -0.980. The highest BCUT2D eigenvalue weighted by molar-refractivity contribution is 7.10. The van der Waals surface area contributed by atoms with Crippen molar-refractivity contribution in [1.29, 1.82) is 0 Å². The van der Waals surface area contributed by atoms with Gasteiger partial charge in [-0.1, -0.05) is 6.07 Å². The van der Waals surface area contributed by atoms with Crippen LogP contribution < -0.4 is 5.32 Å². The minimum Gasteiger partial charge on any atom is -0.378 e. The van der Waals surface area contributed by atoms with Gasteiger partial charge in [0.15, 0.2) is 0 Å². The molecule has 1 spiro atoms. The maximum atomic E-state index is 6.21. The second-order valence-electron chi connectivity index (χ2n) is 7.71. The van der Waals surface area contributed by atoms with Gasteiger partial charge in [0.05, 0.1) is 12.2 Å². The van der Waals surface area contributed by atoms with Crippen LogP contribution in [0.4, 0.5) is 0 Å². The van der Waals surface area contributed by atoms with Gasteiger partial charge in [0.1, 0.15) is 0 Å². The molecule has 0 amide bonds. The van der Waals surface area contributed by atoms with Crippen molar-refractivity contribution in [3.63, 3.8) is 0 Å². The van der Waals surface area contributed by atoms with E-state index >= 15 is 0 Å². The zero-order valence-corrected chi connectivity index (χ0v) is 17.5. The van der Waals surface area contributed by atoms with Gasteiger partial charge >= 0.3 is 0 Å². The monoisotopic (exact) mass is 408 g/mol. The van der Waals surface area contributed by atoms with Gasteiger partial charge in [-0.15, -0.1) is 23.7 Å². The zero-order valence-electron chi connectivity index (χ0n) is 15.9. The maximum absolute atomic E-state index is 6.21. The number of thiophene rings is 1. The summed E-state index contributed by atoms with van der Waals surface area (Å²) in [4.78, 5) is 6.18. The van der Waals surface area contributed by atoms with Gasteiger partial charge in [-0.25, -0.2) is 0 Å². The lowest BCUT2D eigenvalue weighted by atomic mass is 9.68. The molecule has 2 aliphatic heterocycles. The molecule has 2 aliphatic rings. The second kappa shape index (κ2) is 9.01. The first-order chi connectivity index (χ1) is 12.7. The Morgan fingerprint density at radius 3 is 2.85 bits per heavy atom. The topological polar surface area (TPSA) is 43.4 Å². The van der Waals surface area contributed by atoms with Crippen LogP contribution in [0.1, 0.15) is 41.8 Å². The second-order valence-corrected chi connectivity index (χ2v) is 8.71. The Bertz CT molecular complexity index is 718. The minimum absolute atomic E-state index is 0. The first kappa shape index (κ1) is 20.7. The van der Waals surface area contributed by atoms with E-state index in [0.717, 1.165) is 58.6 Å². The highest BCUT2D eigenvalue weighted by Gasteiger charge is 2.49. The van der Waals surface area contributed by atoms with Crippen LogP contribution in [0.15, 0.2) is 35.8 Å². The molecule has 0 saturated carbocycles. The molecule has 0 bridgehead atoms. The number of nitrogens with one attached hydrogen (secondary N) is 1. The van der Waals surface area contributed by atoms with E-state index in [2.05, 4.69) is 35.8 Å². The van der Waals surface area contributed by atoms with E-state index in [1.54, 1.807) is 0 Å². The maximum Gasteiger partial charge on any atom is 0.0945 e. The smallest absolute Gasteiger partial charge is 0.0945 e. The Kier molecular flexibility index (Phi) is 6.93. The molecule has 4 nitrogen and oxygen atoms in total. The fraction of sp³-hybridized carbons (Fsp3) is 0.571. The van der Waals surface area contributed by atoms with Crippen LogP contribution in [0, 0.1) is 6.92 Å². The van der Waals surface area contributed by atoms with Crippen LogP contribution in [0.25, 0.3) is 0 Å². The molecule has 6 heteroatoms. The lowest BCUT2D eigenvalue weighted by Gasteiger charge is -2.45. The van der Waals surface area contributed by atoms with Gasteiger partial charge in [-0.2, -0.15) is 0 Å². The van der Waals surface area contributed by atoms with Crippen molar-refractivity contribution in [2.45, 2.75) is 50.2 Å². The van der Waals surface area contributed by atoms with Gasteiger partial charge in [-0.05, 0) is 61.9 Å². The van der Waals surface area contributed by atoms with Crippen LogP contribution in [-0.2, 0) is 21.4 Å². The van der Waals surface area contributed by atoms with E-state index in [9.17, 15) is 0 Å². The summed E-state index contributed by atoms with van der Waals surface area (Å²) in [5.74, 6) is 0. The van der Waals surface area contributed by atoms with E-state index in [4.69, 9.17) is 14.5 Å². The minimum atomic E-state index is -0.111. The van der Waals surface area contributed by atoms with Crippen molar-refractivity contribution in [3.8, 4) is 0 Å². The molecule has 2 aromatic rings. The fourth-order valence-electron chi connectivity index (χ4n) is 4.41. The van der Waals surface area contributed by atoms with E-state index in [1.165, 1.54) is 16.1 Å². The first-order valence-electron chi connectivity index (χ1n) is 9.58. The average Bonchev–Trinajstić information content (AvgIpc) is 3.29. The number of aromatic nitrogens is 1. The number of rotatable bonds is 6. The molecule has 148 valence electrons. The van der Waals surface area contributed by atoms with Crippen LogP contribution in [0.5, 0.6) is 0 Å². The summed E-state index contributed by atoms with van der Waals surface area (Å²) in [5.41, 5.74) is 2.56. The van der Waals surface area contributed by atoms with E-state index in [-0.39, 0.29) is 23.4 Å². The molecule has 2 fully saturated rings. The molecule has 4 heterocycles. The van der Waals surface area contributed by atoms with Gasteiger partial charge in [0.25, 0.3) is 0 Å². The molecule has 2 atom stereocenters. The normalized spacial score (nSPS) is 27.6. The van der Waals surface area contributed by atoms with Gasteiger partial charge in [0.2, 0.25) is 0 Å². The van der Waals surface area contributed by atoms with Crippen LogP contribution >= 0.6 is 23.7 Å². The number of nitrogens with zero attached hydrogens (tertiary/aromatic N) is 1. The molecule has 0 radical (unpaired) electrons. The summed E-state index contributed by atoms with van der Waals surface area (Å²) in [6, 6.07) is 8.50. The van der Waals surface area contributed by atoms with Gasteiger partial charge < -0.3 is 14.8 Å². The third-order valence-corrected chi connectivity index (χ3v) is 6.98. The van der Waals surface area contributed by atoms with Crippen molar-refractivity contribution in [2.24, 2.45) is 0 Å².